The molecule has 2 fully saturated rings. The number of aromatic carboxylic acids is 1. The molecule has 3 aromatic heterocycles. The first-order chi connectivity index (χ1) is 21.0. The second kappa shape index (κ2) is 11.2. The lowest BCUT2D eigenvalue weighted by Gasteiger charge is -2.31. The van der Waals surface area contributed by atoms with Gasteiger partial charge in [-0.25, -0.2) is 19.2 Å². The third-order valence-corrected chi connectivity index (χ3v) is 9.18. The fourth-order valence-corrected chi connectivity index (χ4v) is 6.75. The van der Waals surface area contributed by atoms with E-state index in [4.69, 9.17) is 20.0 Å². The van der Waals surface area contributed by atoms with Crippen LogP contribution in [0.25, 0.3) is 11.0 Å². The van der Waals surface area contributed by atoms with Crippen molar-refractivity contribution in [2.24, 2.45) is 5.92 Å². The van der Waals surface area contributed by atoms with Crippen LogP contribution in [0.1, 0.15) is 56.6 Å². The number of thiazole rings is 1. The zero-order valence-electron chi connectivity index (χ0n) is 23.1. The van der Waals surface area contributed by atoms with Crippen LogP contribution in [0.2, 0.25) is 0 Å². The van der Waals surface area contributed by atoms with Crippen LogP contribution in [0.4, 0.5) is 4.39 Å². The fraction of sp³-hybridized carbons (Fsp3) is 0.281. The third kappa shape index (κ3) is 5.47. The number of hydrogen-bond acceptors (Lipinski definition) is 8. The third-order valence-electron chi connectivity index (χ3n) is 8.42. The number of rotatable bonds is 9. The van der Waals surface area contributed by atoms with Crippen LogP contribution >= 0.6 is 11.3 Å². The second-order valence-electron chi connectivity index (χ2n) is 11.0. The second-order valence-corrected chi connectivity index (χ2v) is 12.0. The van der Waals surface area contributed by atoms with Gasteiger partial charge in [-0.1, -0.05) is 12.1 Å². The summed E-state index contributed by atoms with van der Waals surface area (Å²) >= 11 is 1.57. The predicted octanol–water partition coefficient (Wildman–Crippen LogP) is 5.60. The fourth-order valence-electron chi connectivity index (χ4n) is 6.16. The molecule has 43 heavy (non-hydrogen) atoms. The molecule has 7 rings (SSSR count). The highest BCUT2D eigenvalue weighted by atomic mass is 32.1. The van der Waals surface area contributed by atoms with Crippen LogP contribution in [0.3, 0.4) is 0 Å². The molecule has 1 saturated heterocycles. The van der Waals surface area contributed by atoms with Gasteiger partial charge in [0.15, 0.2) is 0 Å². The van der Waals surface area contributed by atoms with E-state index in [1.165, 1.54) is 6.07 Å². The van der Waals surface area contributed by atoms with Crippen molar-refractivity contribution in [2.45, 2.75) is 44.5 Å². The summed E-state index contributed by atoms with van der Waals surface area (Å²) in [4.78, 5) is 29.2. The number of carboxylic acid groups (broad SMARTS) is 1. The van der Waals surface area contributed by atoms with Gasteiger partial charge in [0.2, 0.25) is 5.88 Å². The minimum atomic E-state index is -0.957. The zero-order chi connectivity index (χ0) is 29.5. The van der Waals surface area contributed by atoms with Crippen molar-refractivity contribution < 1.29 is 19.0 Å². The summed E-state index contributed by atoms with van der Waals surface area (Å²) in [5.41, 5.74) is 5.28. The Morgan fingerprint density at radius 3 is 2.86 bits per heavy atom. The van der Waals surface area contributed by atoms with E-state index in [9.17, 15) is 14.3 Å². The quantitative estimate of drug-likeness (QED) is 0.234. The van der Waals surface area contributed by atoms with Crippen molar-refractivity contribution in [3.05, 3.63) is 105 Å². The number of imidazole rings is 1. The Balaban J connectivity index is 1.06. The lowest BCUT2D eigenvalue weighted by Crippen LogP contribution is -2.35. The molecule has 0 spiro atoms. The molecule has 4 heterocycles. The van der Waals surface area contributed by atoms with Crippen molar-refractivity contribution >= 4 is 28.3 Å². The number of nitriles is 1. The number of carbonyl (C=O) groups is 1. The number of benzene rings is 2. The summed E-state index contributed by atoms with van der Waals surface area (Å²) in [7, 11) is 0. The Labute approximate surface area is 250 Å². The molecular formula is C32H27FN6O3S. The van der Waals surface area contributed by atoms with Crippen LogP contribution in [0, 0.1) is 23.1 Å². The van der Waals surface area contributed by atoms with Crippen molar-refractivity contribution in [3.8, 4) is 11.9 Å². The van der Waals surface area contributed by atoms with Crippen molar-refractivity contribution in [1.29, 1.82) is 5.26 Å². The Morgan fingerprint density at radius 1 is 1.16 bits per heavy atom. The maximum absolute atomic E-state index is 14.3. The highest BCUT2D eigenvalue weighted by Gasteiger charge is 2.50. The summed E-state index contributed by atoms with van der Waals surface area (Å²) < 4.78 is 22.3. The zero-order valence-corrected chi connectivity index (χ0v) is 23.9. The number of aromatic nitrogens is 4. The summed E-state index contributed by atoms with van der Waals surface area (Å²) in [6, 6.07) is 17.6. The van der Waals surface area contributed by atoms with Gasteiger partial charge in [0.25, 0.3) is 0 Å². The number of likely N-dealkylation sites (tertiary alicyclic amines) is 1. The van der Waals surface area contributed by atoms with Gasteiger partial charge in [0.1, 0.15) is 18.2 Å². The summed E-state index contributed by atoms with van der Waals surface area (Å²) in [5, 5.41) is 18.5. The number of nitrogens with zero attached hydrogens (tertiary/aromatic N) is 6. The topological polar surface area (TPSA) is 117 Å². The normalized spacial score (nSPS) is 19.6. The number of ether oxygens (including phenoxy) is 1. The number of hydrogen-bond donors (Lipinski definition) is 1. The molecule has 11 heteroatoms. The first-order valence-corrected chi connectivity index (χ1v) is 15.0. The number of halogens is 1. The predicted molar refractivity (Wildman–Crippen MR) is 157 cm³/mol. The van der Waals surface area contributed by atoms with Gasteiger partial charge < -0.3 is 14.4 Å². The van der Waals surface area contributed by atoms with E-state index in [1.54, 1.807) is 53.2 Å². The van der Waals surface area contributed by atoms with Gasteiger partial charge in [-0.15, -0.1) is 11.3 Å². The van der Waals surface area contributed by atoms with E-state index in [0.29, 0.717) is 42.4 Å². The summed E-state index contributed by atoms with van der Waals surface area (Å²) in [6.45, 7) is 2.19. The molecular weight excluding hydrogens is 567 g/mol. The van der Waals surface area contributed by atoms with E-state index in [2.05, 4.69) is 14.5 Å². The highest BCUT2D eigenvalue weighted by molar-refractivity contribution is 7.09. The Kier molecular flexibility index (Phi) is 7.08. The molecule has 5 aromatic rings. The molecule has 2 aromatic carbocycles. The van der Waals surface area contributed by atoms with Crippen molar-refractivity contribution in [2.75, 3.05) is 6.54 Å². The van der Waals surface area contributed by atoms with E-state index >= 15 is 0 Å². The number of carboxylic acids is 1. The number of fused-ring (bicyclic) bond motifs is 2. The van der Waals surface area contributed by atoms with Gasteiger partial charge in [-0.2, -0.15) is 5.26 Å². The van der Waals surface area contributed by atoms with Crippen LogP contribution in [-0.2, 0) is 19.7 Å². The van der Waals surface area contributed by atoms with E-state index in [0.717, 1.165) is 46.8 Å². The average Bonchev–Trinajstić information content (AvgIpc) is 3.53. The molecule has 1 N–H and O–H groups in total. The Bertz CT molecular complexity index is 1870. The summed E-state index contributed by atoms with van der Waals surface area (Å²) in [6.07, 6.45) is 3.86. The monoisotopic (exact) mass is 594 g/mol. The molecule has 0 bridgehead atoms. The number of pyridine rings is 1. The molecule has 1 saturated carbocycles. The van der Waals surface area contributed by atoms with Gasteiger partial charge in [0.05, 0.1) is 46.8 Å². The molecule has 1 aliphatic heterocycles. The molecule has 2 aliphatic rings. The van der Waals surface area contributed by atoms with Crippen LogP contribution in [0.15, 0.2) is 66.3 Å². The lowest BCUT2D eigenvalue weighted by molar-refractivity contribution is 0.0697. The molecule has 216 valence electrons. The maximum Gasteiger partial charge on any atom is 0.335 e. The number of piperidine rings is 1. The largest absolute Gasteiger partial charge is 0.478 e. The van der Waals surface area contributed by atoms with Crippen LogP contribution < -0.4 is 4.74 Å². The smallest absolute Gasteiger partial charge is 0.335 e. The van der Waals surface area contributed by atoms with E-state index in [-0.39, 0.29) is 17.7 Å². The highest BCUT2D eigenvalue weighted by Crippen LogP contribution is 2.51. The SMILES string of the molecule is N#Cc1ccc(COc2cccc([C@H]3CCN(Cc4nc5ccc(C(=O)O)cc5n4Cc4cncs4)[C@H]4C[C@@H]34)n2)c(F)c1. The minimum Gasteiger partial charge on any atom is -0.478 e. The Hall–Kier alpha value is -4.66. The maximum atomic E-state index is 14.3. The van der Waals surface area contributed by atoms with Gasteiger partial charge >= 0.3 is 5.97 Å². The van der Waals surface area contributed by atoms with Crippen molar-refractivity contribution in [1.82, 2.24) is 24.4 Å². The first kappa shape index (κ1) is 27.2. The van der Waals surface area contributed by atoms with Crippen LogP contribution in [-0.4, -0.2) is 48.1 Å². The molecule has 0 unspecified atom stereocenters. The van der Waals surface area contributed by atoms with E-state index in [1.807, 2.05) is 24.4 Å². The van der Waals surface area contributed by atoms with E-state index < -0.39 is 11.8 Å². The first-order valence-electron chi connectivity index (χ1n) is 14.1. The minimum absolute atomic E-state index is 0.0367. The standard InChI is InChI=1S/C32H27FN6O3S/c33-25-10-19(13-34)4-5-21(25)17-42-31-3-1-2-26(37-31)23-8-9-38(28-12-24(23)28)16-30-36-27-7-6-20(32(40)41)11-29(27)39(30)15-22-14-35-18-43-22/h1-7,10-11,14,18,23-24,28H,8-9,12,15-17H2,(H,40,41)/t23-,24-,28-/m0/s1. The molecule has 0 radical (unpaired) electrons. The van der Waals surface area contributed by atoms with Crippen molar-refractivity contribution in [3.63, 3.8) is 0 Å². The van der Waals surface area contributed by atoms with Gasteiger partial charge in [0, 0.05) is 40.4 Å². The summed E-state index contributed by atoms with van der Waals surface area (Å²) in [5.74, 6) is 0.737. The lowest BCUT2D eigenvalue weighted by atomic mass is 9.92. The van der Waals surface area contributed by atoms with Crippen LogP contribution in [0.5, 0.6) is 5.88 Å². The Morgan fingerprint density at radius 2 is 2.07 bits per heavy atom. The molecule has 1 aliphatic carbocycles. The molecule has 9 nitrogen and oxygen atoms in total. The molecule has 3 atom stereocenters. The van der Waals surface area contributed by atoms with Gasteiger partial charge in [-0.05, 0) is 61.7 Å². The average molecular weight is 595 g/mol. The van der Waals surface area contributed by atoms with Gasteiger partial charge in [-0.3, -0.25) is 9.88 Å². The molecule has 0 amide bonds.